The van der Waals surface area contributed by atoms with E-state index in [2.05, 4.69) is 0 Å². The van der Waals surface area contributed by atoms with Gasteiger partial charge in [0.15, 0.2) is 0 Å². The number of fused-ring (bicyclic) bond motifs is 1. The van der Waals surface area contributed by atoms with Gasteiger partial charge in [-0.3, -0.25) is 0 Å². The van der Waals surface area contributed by atoms with Gasteiger partial charge in [0.05, 0.1) is 6.54 Å². The van der Waals surface area contributed by atoms with Crippen LogP contribution in [0.25, 0.3) is 10.9 Å². The molecule has 0 saturated heterocycles. The van der Waals surface area contributed by atoms with Crippen molar-refractivity contribution >= 4 is 39.7 Å². The van der Waals surface area contributed by atoms with Crippen molar-refractivity contribution in [2.24, 2.45) is 5.73 Å². The lowest BCUT2D eigenvalue weighted by molar-refractivity contribution is 0.602. The Bertz CT molecular complexity index is 841. The Labute approximate surface area is 131 Å². The standard InChI is InChI=1S/C16H12ClFN2S/c17-13-3-4-14(18)12(7-13)9-20-6-5-10-1-2-11(16(19)21)8-15(10)20/h1-8H,9H2,(H2,19,21). The number of aromatic nitrogens is 1. The molecule has 2 N–H and O–H groups in total. The molecule has 0 aliphatic rings. The molecule has 2 nitrogen and oxygen atoms in total. The molecule has 0 aliphatic carbocycles. The minimum absolute atomic E-state index is 0.272. The number of halogens is 2. The summed E-state index contributed by atoms with van der Waals surface area (Å²) in [5.74, 6) is -0.272. The molecular weight excluding hydrogens is 307 g/mol. The fraction of sp³-hybridized carbons (Fsp3) is 0.0625. The first-order valence-electron chi connectivity index (χ1n) is 6.37. The maximum atomic E-state index is 13.9. The molecule has 0 bridgehead atoms. The topological polar surface area (TPSA) is 30.9 Å². The molecule has 106 valence electrons. The number of hydrogen-bond acceptors (Lipinski definition) is 1. The first-order chi connectivity index (χ1) is 10.0. The number of nitrogens with two attached hydrogens (primary N) is 1. The van der Waals surface area contributed by atoms with Gasteiger partial charge in [0.2, 0.25) is 0 Å². The Morgan fingerprint density at radius 3 is 2.76 bits per heavy atom. The zero-order chi connectivity index (χ0) is 15.0. The second-order valence-corrected chi connectivity index (χ2v) is 5.69. The summed E-state index contributed by atoms with van der Waals surface area (Å²) >= 11 is 10.9. The van der Waals surface area contributed by atoms with Gasteiger partial charge in [-0.05, 0) is 35.7 Å². The van der Waals surface area contributed by atoms with E-state index >= 15 is 0 Å². The first kappa shape index (κ1) is 14.0. The number of nitrogens with zero attached hydrogens (tertiary/aromatic N) is 1. The largest absolute Gasteiger partial charge is 0.389 e. The van der Waals surface area contributed by atoms with Crippen molar-refractivity contribution in [3.8, 4) is 0 Å². The van der Waals surface area contributed by atoms with Gasteiger partial charge >= 0.3 is 0 Å². The Morgan fingerprint density at radius 1 is 1.19 bits per heavy atom. The van der Waals surface area contributed by atoms with E-state index in [0.29, 0.717) is 22.1 Å². The van der Waals surface area contributed by atoms with E-state index in [1.165, 1.54) is 6.07 Å². The van der Waals surface area contributed by atoms with Crippen LogP contribution in [0.4, 0.5) is 4.39 Å². The normalized spacial score (nSPS) is 11.0. The van der Waals surface area contributed by atoms with Gasteiger partial charge < -0.3 is 10.3 Å². The zero-order valence-electron chi connectivity index (χ0n) is 11.0. The van der Waals surface area contributed by atoms with Crippen LogP contribution in [-0.2, 0) is 6.54 Å². The third-order valence-corrected chi connectivity index (χ3v) is 3.88. The van der Waals surface area contributed by atoms with E-state index in [1.807, 2.05) is 35.0 Å². The number of hydrogen-bond donors (Lipinski definition) is 1. The Balaban J connectivity index is 2.06. The Hall–Kier alpha value is -1.91. The highest BCUT2D eigenvalue weighted by atomic mass is 35.5. The average Bonchev–Trinajstić information content (AvgIpc) is 2.85. The molecule has 0 spiro atoms. The van der Waals surface area contributed by atoms with E-state index in [-0.39, 0.29) is 5.82 Å². The molecule has 21 heavy (non-hydrogen) atoms. The summed E-state index contributed by atoms with van der Waals surface area (Å²) in [6, 6.07) is 12.3. The lowest BCUT2D eigenvalue weighted by Crippen LogP contribution is -2.09. The van der Waals surface area contributed by atoms with Crippen LogP contribution >= 0.6 is 23.8 Å². The zero-order valence-corrected chi connectivity index (χ0v) is 12.6. The van der Waals surface area contributed by atoms with E-state index < -0.39 is 0 Å². The lowest BCUT2D eigenvalue weighted by atomic mass is 10.1. The summed E-state index contributed by atoms with van der Waals surface area (Å²) in [6.45, 7) is 0.399. The van der Waals surface area contributed by atoms with E-state index in [0.717, 1.165) is 16.5 Å². The molecule has 1 heterocycles. The van der Waals surface area contributed by atoms with Crippen molar-refractivity contribution in [3.05, 3.63) is 70.6 Å². The molecule has 0 atom stereocenters. The molecule has 0 radical (unpaired) electrons. The highest BCUT2D eigenvalue weighted by Crippen LogP contribution is 2.21. The van der Waals surface area contributed by atoms with Gasteiger partial charge in [-0.25, -0.2) is 4.39 Å². The summed E-state index contributed by atoms with van der Waals surface area (Å²) in [4.78, 5) is 0.346. The van der Waals surface area contributed by atoms with Gasteiger partial charge in [-0.1, -0.05) is 36.0 Å². The van der Waals surface area contributed by atoms with Gasteiger partial charge in [0, 0.05) is 27.9 Å². The van der Waals surface area contributed by atoms with E-state index in [1.54, 1.807) is 12.1 Å². The predicted octanol–water partition coefficient (Wildman–Crippen LogP) is 4.12. The van der Waals surface area contributed by atoms with Gasteiger partial charge in [0.25, 0.3) is 0 Å². The minimum atomic E-state index is -0.272. The number of rotatable bonds is 3. The second kappa shape index (κ2) is 5.47. The molecule has 2 aromatic carbocycles. The highest BCUT2D eigenvalue weighted by Gasteiger charge is 2.08. The third-order valence-electron chi connectivity index (χ3n) is 3.41. The second-order valence-electron chi connectivity index (χ2n) is 4.82. The van der Waals surface area contributed by atoms with Crippen molar-refractivity contribution in [1.82, 2.24) is 4.57 Å². The molecule has 0 unspecified atom stereocenters. The Kier molecular flexibility index (Phi) is 3.66. The van der Waals surface area contributed by atoms with E-state index in [9.17, 15) is 4.39 Å². The first-order valence-corrected chi connectivity index (χ1v) is 7.16. The highest BCUT2D eigenvalue weighted by molar-refractivity contribution is 7.80. The molecule has 3 aromatic rings. The van der Waals surface area contributed by atoms with Crippen LogP contribution in [-0.4, -0.2) is 9.56 Å². The molecule has 0 fully saturated rings. The summed E-state index contributed by atoms with van der Waals surface area (Å²) in [5, 5.41) is 1.57. The van der Waals surface area contributed by atoms with Crippen molar-refractivity contribution < 1.29 is 4.39 Å². The molecule has 3 rings (SSSR count). The lowest BCUT2D eigenvalue weighted by Gasteiger charge is -2.08. The molecule has 0 aliphatic heterocycles. The molecule has 0 saturated carbocycles. The monoisotopic (exact) mass is 318 g/mol. The van der Waals surface area contributed by atoms with Crippen molar-refractivity contribution in [1.29, 1.82) is 0 Å². The third kappa shape index (κ3) is 2.77. The summed E-state index contributed by atoms with van der Waals surface area (Å²) in [6.07, 6.45) is 1.91. The van der Waals surface area contributed by atoms with Crippen molar-refractivity contribution in [3.63, 3.8) is 0 Å². The predicted molar refractivity (Wildman–Crippen MR) is 88.3 cm³/mol. The van der Waals surface area contributed by atoms with E-state index in [4.69, 9.17) is 29.6 Å². The molecule has 1 aromatic heterocycles. The van der Waals surface area contributed by atoms with Crippen LogP contribution in [0, 0.1) is 5.82 Å². The number of benzene rings is 2. The molecule has 5 heteroatoms. The number of thiocarbonyl (C=S) groups is 1. The van der Waals surface area contributed by atoms with Crippen LogP contribution in [0.2, 0.25) is 5.02 Å². The summed E-state index contributed by atoms with van der Waals surface area (Å²) < 4.78 is 15.8. The molecular formula is C16H12ClFN2S. The van der Waals surface area contributed by atoms with Crippen LogP contribution in [0.15, 0.2) is 48.7 Å². The van der Waals surface area contributed by atoms with Gasteiger partial charge in [-0.2, -0.15) is 0 Å². The maximum Gasteiger partial charge on any atom is 0.128 e. The van der Waals surface area contributed by atoms with Crippen LogP contribution in [0.1, 0.15) is 11.1 Å². The maximum absolute atomic E-state index is 13.9. The summed E-state index contributed by atoms with van der Waals surface area (Å²) in [5.41, 5.74) is 7.96. The van der Waals surface area contributed by atoms with Gasteiger partial charge in [-0.15, -0.1) is 0 Å². The molecule has 0 amide bonds. The van der Waals surface area contributed by atoms with Gasteiger partial charge in [0.1, 0.15) is 10.8 Å². The minimum Gasteiger partial charge on any atom is -0.389 e. The average molecular weight is 319 g/mol. The summed E-state index contributed by atoms with van der Waals surface area (Å²) in [7, 11) is 0. The SMILES string of the molecule is NC(=S)c1ccc2ccn(Cc3cc(Cl)ccc3F)c2c1. The smallest absolute Gasteiger partial charge is 0.128 e. The van der Waals surface area contributed by atoms with Crippen LogP contribution in [0.3, 0.4) is 0 Å². The quantitative estimate of drug-likeness (QED) is 0.737. The fourth-order valence-electron chi connectivity index (χ4n) is 2.32. The van der Waals surface area contributed by atoms with Crippen LogP contribution < -0.4 is 5.73 Å². The van der Waals surface area contributed by atoms with Crippen molar-refractivity contribution in [2.75, 3.05) is 0 Å². The fourth-order valence-corrected chi connectivity index (χ4v) is 2.64. The van der Waals surface area contributed by atoms with Crippen molar-refractivity contribution in [2.45, 2.75) is 6.54 Å². The Morgan fingerprint density at radius 2 is 2.00 bits per heavy atom. The van der Waals surface area contributed by atoms with Crippen LogP contribution in [0.5, 0.6) is 0 Å².